The lowest BCUT2D eigenvalue weighted by molar-refractivity contribution is 0.153. The molecule has 0 aliphatic rings. The predicted octanol–water partition coefficient (Wildman–Crippen LogP) is 2.04. The molecule has 0 amide bonds. The quantitative estimate of drug-likeness (QED) is 0.803. The van der Waals surface area contributed by atoms with Gasteiger partial charge in [-0.15, -0.1) is 0 Å². The van der Waals surface area contributed by atoms with Gasteiger partial charge in [-0.2, -0.15) is 0 Å². The van der Waals surface area contributed by atoms with Crippen molar-refractivity contribution in [2.75, 3.05) is 6.54 Å². The summed E-state index contributed by atoms with van der Waals surface area (Å²) in [5.74, 6) is -0.188. The molecular formula is C13H20FNO. The first-order chi connectivity index (χ1) is 7.50. The van der Waals surface area contributed by atoms with E-state index in [1.807, 2.05) is 19.9 Å². The number of nitrogens with one attached hydrogen (secondary N) is 1. The molecular weight excluding hydrogens is 205 g/mol. The Balaban J connectivity index is 2.43. The average molecular weight is 225 g/mol. The van der Waals surface area contributed by atoms with E-state index in [4.69, 9.17) is 0 Å². The Morgan fingerprint density at radius 3 is 2.62 bits per heavy atom. The Bertz CT molecular complexity index is 339. The van der Waals surface area contributed by atoms with Crippen molar-refractivity contribution in [2.24, 2.45) is 0 Å². The second-order valence-electron chi connectivity index (χ2n) is 4.30. The lowest BCUT2D eigenvalue weighted by Gasteiger charge is -2.16. The molecule has 0 spiro atoms. The third-order valence-electron chi connectivity index (χ3n) is 2.89. The largest absolute Gasteiger partial charge is 0.392 e. The van der Waals surface area contributed by atoms with Crippen molar-refractivity contribution in [1.29, 1.82) is 0 Å². The Kier molecular flexibility index (Phi) is 4.90. The molecule has 0 heterocycles. The maximum atomic E-state index is 12.9. The summed E-state index contributed by atoms with van der Waals surface area (Å²) in [5.41, 5.74) is 2.12. The fourth-order valence-electron chi connectivity index (χ4n) is 1.54. The average Bonchev–Trinajstić information content (AvgIpc) is 2.20. The highest BCUT2D eigenvalue weighted by atomic mass is 19.1. The molecule has 1 aromatic carbocycles. The topological polar surface area (TPSA) is 32.3 Å². The molecule has 2 nitrogen and oxygen atoms in total. The van der Waals surface area contributed by atoms with E-state index in [1.54, 1.807) is 13.0 Å². The van der Waals surface area contributed by atoms with Crippen LogP contribution in [0.3, 0.4) is 0 Å². The van der Waals surface area contributed by atoms with Gasteiger partial charge in [-0.25, -0.2) is 4.39 Å². The Morgan fingerprint density at radius 2 is 2.06 bits per heavy atom. The fraction of sp³-hybridized carbons (Fsp3) is 0.538. The van der Waals surface area contributed by atoms with E-state index in [-0.39, 0.29) is 18.0 Å². The van der Waals surface area contributed by atoms with Crippen molar-refractivity contribution in [3.8, 4) is 0 Å². The maximum absolute atomic E-state index is 12.9. The van der Waals surface area contributed by atoms with Crippen LogP contribution in [0.1, 0.15) is 25.0 Å². The summed E-state index contributed by atoms with van der Waals surface area (Å²) in [5, 5.41) is 12.5. The zero-order valence-electron chi connectivity index (χ0n) is 10.1. The Labute approximate surface area is 96.5 Å². The molecule has 2 unspecified atom stereocenters. The number of hydrogen-bond donors (Lipinski definition) is 2. The first-order valence-corrected chi connectivity index (χ1v) is 5.67. The zero-order valence-corrected chi connectivity index (χ0v) is 10.1. The fourth-order valence-corrected chi connectivity index (χ4v) is 1.54. The Morgan fingerprint density at radius 1 is 1.38 bits per heavy atom. The molecule has 0 radical (unpaired) electrons. The van der Waals surface area contributed by atoms with Gasteiger partial charge in [0.05, 0.1) is 6.10 Å². The van der Waals surface area contributed by atoms with Gasteiger partial charge in [0.15, 0.2) is 0 Å². The number of aliphatic hydroxyl groups is 1. The summed E-state index contributed by atoms with van der Waals surface area (Å²) in [6.45, 7) is 6.41. The molecule has 0 aliphatic carbocycles. The normalized spacial score (nSPS) is 14.8. The van der Waals surface area contributed by atoms with E-state index in [0.29, 0.717) is 0 Å². The van der Waals surface area contributed by atoms with Gasteiger partial charge in [0, 0.05) is 6.04 Å². The third kappa shape index (κ3) is 3.91. The van der Waals surface area contributed by atoms with Gasteiger partial charge in [-0.3, -0.25) is 0 Å². The number of rotatable bonds is 5. The number of halogens is 1. The van der Waals surface area contributed by atoms with E-state index in [2.05, 4.69) is 5.32 Å². The van der Waals surface area contributed by atoms with E-state index >= 15 is 0 Å². The van der Waals surface area contributed by atoms with Crippen molar-refractivity contribution in [3.63, 3.8) is 0 Å². The van der Waals surface area contributed by atoms with Gasteiger partial charge in [0.1, 0.15) is 5.82 Å². The van der Waals surface area contributed by atoms with Crippen LogP contribution < -0.4 is 5.32 Å². The van der Waals surface area contributed by atoms with Crippen LogP contribution in [-0.2, 0) is 6.42 Å². The van der Waals surface area contributed by atoms with Crippen molar-refractivity contribution < 1.29 is 9.50 Å². The van der Waals surface area contributed by atoms with Crippen LogP contribution >= 0.6 is 0 Å². The molecule has 1 rings (SSSR count). The summed E-state index contributed by atoms with van der Waals surface area (Å²) < 4.78 is 12.9. The van der Waals surface area contributed by atoms with Crippen LogP contribution in [-0.4, -0.2) is 23.8 Å². The molecule has 0 saturated carbocycles. The summed E-state index contributed by atoms with van der Waals surface area (Å²) in [7, 11) is 0. The van der Waals surface area contributed by atoms with Gasteiger partial charge in [0.2, 0.25) is 0 Å². The van der Waals surface area contributed by atoms with Crippen molar-refractivity contribution in [3.05, 3.63) is 35.1 Å². The second-order valence-corrected chi connectivity index (χ2v) is 4.30. The molecule has 0 saturated heterocycles. The molecule has 0 aliphatic heterocycles. The minimum Gasteiger partial charge on any atom is -0.392 e. The van der Waals surface area contributed by atoms with Crippen LogP contribution in [0.25, 0.3) is 0 Å². The van der Waals surface area contributed by atoms with Crippen LogP contribution in [0, 0.1) is 12.7 Å². The zero-order chi connectivity index (χ0) is 12.1. The minimum atomic E-state index is -0.352. The SMILES string of the molecule is Cc1cc(F)ccc1CCNC(C)C(C)O. The van der Waals surface area contributed by atoms with Crippen LogP contribution in [0.15, 0.2) is 18.2 Å². The number of benzene rings is 1. The first kappa shape index (κ1) is 13.1. The van der Waals surface area contributed by atoms with Crippen molar-refractivity contribution in [2.45, 2.75) is 39.3 Å². The molecule has 2 N–H and O–H groups in total. The first-order valence-electron chi connectivity index (χ1n) is 5.67. The van der Waals surface area contributed by atoms with E-state index in [1.165, 1.54) is 6.07 Å². The van der Waals surface area contributed by atoms with Crippen LogP contribution in [0.2, 0.25) is 0 Å². The highest BCUT2D eigenvalue weighted by molar-refractivity contribution is 5.26. The van der Waals surface area contributed by atoms with Crippen LogP contribution in [0.5, 0.6) is 0 Å². The standard InChI is InChI=1S/C13H20FNO/c1-9-8-13(14)5-4-12(9)6-7-15-10(2)11(3)16/h4-5,8,10-11,15-16H,6-7H2,1-3H3. The molecule has 3 heteroatoms. The lowest BCUT2D eigenvalue weighted by Crippen LogP contribution is -2.36. The molecule has 16 heavy (non-hydrogen) atoms. The smallest absolute Gasteiger partial charge is 0.123 e. The molecule has 0 aromatic heterocycles. The van der Waals surface area contributed by atoms with E-state index < -0.39 is 0 Å². The minimum absolute atomic E-state index is 0.0840. The number of aryl methyl sites for hydroxylation is 1. The van der Waals surface area contributed by atoms with Gasteiger partial charge in [0.25, 0.3) is 0 Å². The summed E-state index contributed by atoms with van der Waals surface area (Å²) in [4.78, 5) is 0. The maximum Gasteiger partial charge on any atom is 0.123 e. The molecule has 0 bridgehead atoms. The molecule has 2 atom stereocenters. The summed E-state index contributed by atoms with van der Waals surface area (Å²) in [6.07, 6.45) is 0.498. The molecule has 90 valence electrons. The molecule has 0 fully saturated rings. The summed E-state index contributed by atoms with van der Waals surface area (Å²) >= 11 is 0. The van der Waals surface area contributed by atoms with Gasteiger partial charge >= 0.3 is 0 Å². The lowest BCUT2D eigenvalue weighted by atomic mass is 10.1. The highest BCUT2D eigenvalue weighted by Gasteiger charge is 2.07. The second kappa shape index (κ2) is 5.97. The summed E-state index contributed by atoms with van der Waals surface area (Å²) in [6, 6.07) is 4.94. The number of aliphatic hydroxyl groups excluding tert-OH is 1. The van der Waals surface area contributed by atoms with E-state index in [0.717, 1.165) is 24.1 Å². The monoisotopic (exact) mass is 225 g/mol. The molecule has 1 aromatic rings. The van der Waals surface area contributed by atoms with Gasteiger partial charge < -0.3 is 10.4 Å². The predicted molar refractivity (Wildman–Crippen MR) is 64.0 cm³/mol. The van der Waals surface area contributed by atoms with E-state index in [9.17, 15) is 9.50 Å². The van der Waals surface area contributed by atoms with Crippen molar-refractivity contribution in [1.82, 2.24) is 5.32 Å². The van der Waals surface area contributed by atoms with Gasteiger partial charge in [-0.05, 0) is 57.0 Å². The third-order valence-corrected chi connectivity index (χ3v) is 2.89. The van der Waals surface area contributed by atoms with Gasteiger partial charge in [-0.1, -0.05) is 6.07 Å². The highest BCUT2D eigenvalue weighted by Crippen LogP contribution is 2.10. The van der Waals surface area contributed by atoms with Crippen LogP contribution in [0.4, 0.5) is 4.39 Å². The Hall–Kier alpha value is -0.930. The van der Waals surface area contributed by atoms with Crippen molar-refractivity contribution >= 4 is 0 Å². The number of hydrogen-bond acceptors (Lipinski definition) is 2.